The Labute approximate surface area is 146 Å². The molecule has 0 saturated carbocycles. The van der Waals surface area contributed by atoms with E-state index in [4.69, 9.17) is 9.47 Å². The van der Waals surface area contributed by atoms with E-state index in [-0.39, 0.29) is 0 Å². The second-order valence-electron chi connectivity index (χ2n) is 6.87. The molecule has 0 unspecified atom stereocenters. The monoisotopic (exact) mass is 347 g/mol. The zero-order valence-corrected chi connectivity index (χ0v) is 14.8. The molecule has 2 fully saturated rings. The summed E-state index contributed by atoms with van der Waals surface area (Å²) in [4.78, 5) is 2.26. The molecule has 25 heavy (non-hydrogen) atoms. The number of hydrogen-bond acceptors (Lipinski definition) is 7. The van der Waals surface area contributed by atoms with Gasteiger partial charge >= 0.3 is 0 Å². The molecule has 4 rings (SSSR count). The number of aryl methyl sites for hydroxylation is 3. The van der Waals surface area contributed by atoms with Gasteiger partial charge in [0.2, 0.25) is 5.95 Å². The van der Waals surface area contributed by atoms with Crippen LogP contribution in [-0.2, 0) is 29.5 Å². The maximum atomic E-state index is 5.83. The molecule has 9 heteroatoms. The van der Waals surface area contributed by atoms with Gasteiger partial charge in [-0.3, -0.25) is 4.68 Å². The third-order valence-electron chi connectivity index (χ3n) is 5.40. The van der Waals surface area contributed by atoms with Crippen molar-refractivity contribution in [2.75, 3.05) is 31.2 Å². The summed E-state index contributed by atoms with van der Waals surface area (Å²) in [5, 5.41) is 16.5. The molecule has 2 aromatic rings. The molecule has 2 aromatic heterocycles. The number of ether oxygens (including phenoxy) is 2. The minimum absolute atomic E-state index is 0.419. The summed E-state index contributed by atoms with van der Waals surface area (Å²) in [5.74, 6) is 0.849. The van der Waals surface area contributed by atoms with Gasteiger partial charge in [0.05, 0.1) is 19.8 Å². The normalized spacial score (nSPS) is 21.1. The predicted octanol–water partition coefficient (Wildman–Crippen LogP) is 0.629. The number of aromatic nitrogens is 6. The van der Waals surface area contributed by atoms with Gasteiger partial charge < -0.3 is 14.4 Å². The Bertz CT molecular complexity index is 699. The lowest BCUT2D eigenvalue weighted by atomic mass is 9.89. The van der Waals surface area contributed by atoms with Crippen LogP contribution in [0.25, 0.3) is 0 Å². The summed E-state index contributed by atoms with van der Waals surface area (Å²) in [6, 6.07) is 2.03. The molecule has 0 N–H and O–H groups in total. The van der Waals surface area contributed by atoms with E-state index in [1.54, 1.807) is 0 Å². The molecule has 2 aliphatic rings. The minimum Gasteiger partial charge on any atom is -0.348 e. The van der Waals surface area contributed by atoms with Gasteiger partial charge in [-0.1, -0.05) is 5.10 Å². The minimum atomic E-state index is -0.419. The summed E-state index contributed by atoms with van der Waals surface area (Å²) in [6.45, 7) is 6.04. The standard InChI is InChI=1S/C16H25N7O2/c1-16(24-11-12-25-16)13-4-8-22(9-5-13)15-18-19-20-23(15)10-6-14-3-7-17-21(14)2/h3,7,13H,4-6,8-12H2,1-2H3. The van der Waals surface area contributed by atoms with Crippen molar-refractivity contribution < 1.29 is 9.47 Å². The zero-order valence-electron chi connectivity index (χ0n) is 14.8. The van der Waals surface area contributed by atoms with Crippen molar-refractivity contribution in [2.24, 2.45) is 13.0 Å². The van der Waals surface area contributed by atoms with Gasteiger partial charge in [0.15, 0.2) is 5.79 Å². The summed E-state index contributed by atoms with van der Waals surface area (Å²) in [5.41, 5.74) is 1.17. The predicted molar refractivity (Wildman–Crippen MR) is 90.0 cm³/mol. The highest BCUT2D eigenvalue weighted by atomic mass is 16.7. The van der Waals surface area contributed by atoms with Crippen LogP contribution in [0, 0.1) is 5.92 Å². The molecule has 0 atom stereocenters. The Kier molecular flexibility index (Phi) is 4.43. The van der Waals surface area contributed by atoms with Crippen molar-refractivity contribution in [1.82, 2.24) is 30.0 Å². The maximum Gasteiger partial charge on any atom is 0.245 e. The average molecular weight is 347 g/mol. The van der Waals surface area contributed by atoms with E-state index in [9.17, 15) is 0 Å². The zero-order chi connectivity index (χ0) is 17.3. The van der Waals surface area contributed by atoms with E-state index >= 15 is 0 Å². The highest BCUT2D eigenvalue weighted by Gasteiger charge is 2.41. The maximum absolute atomic E-state index is 5.83. The second-order valence-corrected chi connectivity index (χ2v) is 6.87. The number of tetrazole rings is 1. The molecule has 0 bridgehead atoms. The van der Waals surface area contributed by atoms with E-state index in [1.165, 1.54) is 5.69 Å². The third kappa shape index (κ3) is 3.25. The van der Waals surface area contributed by atoms with Gasteiger partial charge in [-0.15, -0.1) is 0 Å². The van der Waals surface area contributed by atoms with Crippen LogP contribution in [-0.4, -0.2) is 62.1 Å². The average Bonchev–Trinajstić information content (AvgIpc) is 3.35. The first-order valence-corrected chi connectivity index (χ1v) is 8.91. The molecule has 2 aliphatic heterocycles. The van der Waals surface area contributed by atoms with Gasteiger partial charge in [0, 0.05) is 44.4 Å². The van der Waals surface area contributed by atoms with Gasteiger partial charge in [-0.2, -0.15) is 5.10 Å². The summed E-state index contributed by atoms with van der Waals surface area (Å²) in [7, 11) is 1.95. The summed E-state index contributed by atoms with van der Waals surface area (Å²) >= 11 is 0. The number of nitrogens with zero attached hydrogens (tertiary/aromatic N) is 7. The fraction of sp³-hybridized carbons (Fsp3) is 0.750. The van der Waals surface area contributed by atoms with E-state index in [1.807, 2.05) is 28.7 Å². The van der Waals surface area contributed by atoms with Crippen LogP contribution in [0.1, 0.15) is 25.5 Å². The van der Waals surface area contributed by atoms with Crippen LogP contribution in [0.5, 0.6) is 0 Å². The van der Waals surface area contributed by atoms with Gasteiger partial charge in [0.1, 0.15) is 0 Å². The van der Waals surface area contributed by atoms with Crippen LogP contribution in [0.4, 0.5) is 5.95 Å². The Hall–Kier alpha value is -2.00. The van der Waals surface area contributed by atoms with Crippen LogP contribution in [0.3, 0.4) is 0 Å². The van der Waals surface area contributed by atoms with Crippen LogP contribution in [0.15, 0.2) is 12.3 Å². The van der Waals surface area contributed by atoms with Gasteiger partial charge in [-0.25, -0.2) is 4.68 Å². The Morgan fingerprint density at radius 3 is 2.68 bits per heavy atom. The lowest BCUT2D eigenvalue weighted by molar-refractivity contribution is -0.185. The Morgan fingerprint density at radius 2 is 2.00 bits per heavy atom. The fourth-order valence-electron chi connectivity index (χ4n) is 3.81. The first-order valence-electron chi connectivity index (χ1n) is 8.91. The SMILES string of the molecule is Cn1nccc1CCn1nnnc1N1CCC(C2(C)OCCO2)CC1. The quantitative estimate of drug-likeness (QED) is 0.784. The highest BCUT2D eigenvalue weighted by molar-refractivity contribution is 5.29. The van der Waals surface area contributed by atoms with Crippen molar-refractivity contribution in [3.8, 4) is 0 Å². The van der Waals surface area contributed by atoms with E-state index in [2.05, 4.69) is 32.4 Å². The van der Waals surface area contributed by atoms with E-state index in [0.717, 1.165) is 44.8 Å². The van der Waals surface area contributed by atoms with Gasteiger partial charge in [0.25, 0.3) is 0 Å². The first-order chi connectivity index (χ1) is 12.2. The molecule has 0 aliphatic carbocycles. The molecular formula is C16H25N7O2. The largest absolute Gasteiger partial charge is 0.348 e. The topological polar surface area (TPSA) is 83.1 Å². The molecule has 0 radical (unpaired) electrons. The molecule has 9 nitrogen and oxygen atoms in total. The number of rotatable bonds is 5. The summed E-state index contributed by atoms with van der Waals surface area (Å²) in [6.07, 6.45) is 4.70. The van der Waals surface area contributed by atoms with Crippen molar-refractivity contribution in [1.29, 1.82) is 0 Å². The van der Waals surface area contributed by atoms with Crippen molar-refractivity contribution in [3.05, 3.63) is 18.0 Å². The van der Waals surface area contributed by atoms with Crippen LogP contribution < -0.4 is 4.90 Å². The fourth-order valence-corrected chi connectivity index (χ4v) is 3.81. The van der Waals surface area contributed by atoms with Crippen molar-refractivity contribution >= 4 is 5.95 Å². The molecule has 136 valence electrons. The molecule has 2 saturated heterocycles. The molecule has 0 aromatic carbocycles. The van der Waals surface area contributed by atoms with E-state index < -0.39 is 5.79 Å². The highest BCUT2D eigenvalue weighted by Crippen LogP contribution is 2.35. The molecule has 0 spiro atoms. The van der Waals surface area contributed by atoms with E-state index in [0.29, 0.717) is 19.1 Å². The second kappa shape index (κ2) is 6.72. The summed E-state index contributed by atoms with van der Waals surface area (Å²) < 4.78 is 15.4. The first kappa shape index (κ1) is 16.5. The third-order valence-corrected chi connectivity index (χ3v) is 5.40. The lowest BCUT2D eigenvalue weighted by Crippen LogP contribution is -2.45. The molecule has 0 amide bonds. The Morgan fingerprint density at radius 1 is 1.24 bits per heavy atom. The van der Waals surface area contributed by atoms with Crippen LogP contribution >= 0.6 is 0 Å². The number of piperidine rings is 1. The molecule has 4 heterocycles. The molecular weight excluding hydrogens is 322 g/mol. The Balaban J connectivity index is 1.37. The van der Waals surface area contributed by atoms with Gasteiger partial charge in [-0.05, 0) is 36.3 Å². The van der Waals surface area contributed by atoms with Crippen molar-refractivity contribution in [2.45, 2.75) is 38.5 Å². The number of anilines is 1. The van der Waals surface area contributed by atoms with Crippen LogP contribution in [0.2, 0.25) is 0 Å². The number of hydrogen-bond donors (Lipinski definition) is 0. The lowest BCUT2D eigenvalue weighted by Gasteiger charge is -2.39. The smallest absolute Gasteiger partial charge is 0.245 e. The van der Waals surface area contributed by atoms with Crippen molar-refractivity contribution in [3.63, 3.8) is 0 Å².